The molecule has 1 N–H and O–H groups in total. The van der Waals surface area contributed by atoms with E-state index in [2.05, 4.69) is 20.5 Å². The van der Waals surface area contributed by atoms with Crippen LogP contribution in [0.1, 0.15) is 16.1 Å². The van der Waals surface area contributed by atoms with Gasteiger partial charge in [0.05, 0.1) is 6.21 Å². The van der Waals surface area contributed by atoms with Crippen LogP contribution < -0.4 is 5.43 Å². The molecule has 0 aliphatic carbocycles. The predicted molar refractivity (Wildman–Crippen MR) is 63.5 cm³/mol. The summed E-state index contributed by atoms with van der Waals surface area (Å²) in [6, 6.07) is 8.69. The minimum absolute atomic E-state index is 0.333. The van der Waals surface area contributed by atoms with Gasteiger partial charge in [-0.1, -0.05) is 6.07 Å². The number of carbonyl (C=O) groups excluding carboxylic acids is 1. The van der Waals surface area contributed by atoms with Crippen LogP contribution >= 0.6 is 0 Å². The second kappa shape index (κ2) is 5.50. The monoisotopic (exact) mass is 226 g/mol. The van der Waals surface area contributed by atoms with E-state index in [1.54, 1.807) is 55.1 Å². The van der Waals surface area contributed by atoms with Crippen molar-refractivity contribution in [2.45, 2.75) is 0 Å². The Morgan fingerprint density at radius 1 is 1.18 bits per heavy atom. The number of nitrogens with one attached hydrogen (secondary N) is 1. The molecule has 2 heterocycles. The molecular weight excluding hydrogens is 216 g/mol. The smallest absolute Gasteiger partial charge is 0.266 e. The summed E-state index contributed by atoms with van der Waals surface area (Å²) in [6.45, 7) is 0. The molecule has 1 amide bonds. The van der Waals surface area contributed by atoms with Gasteiger partial charge >= 0.3 is 0 Å². The first-order valence-corrected chi connectivity index (χ1v) is 5.01. The molecule has 0 unspecified atom stereocenters. The van der Waals surface area contributed by atoms with Gasteiger partial charge in [-0.3, -0.25) is 14.8 Å². The summed E-state index contributed by atoms with van der Waals surface area (Å²) in [5.41, 5.74) is 3.59. The standard InChI is InChI=1S/C12H10N4O/c17-12(11-3-1-2-6-14-11)16-15-9-10-4-7-13-8-5-10/h1-9H,(H,16,17)/b15-9+. The zero-order chi connectivity index (χ0) is 11.9. The maximum absolute atomic E-state index is 11.5. The number of pyridine rings is 2. The highest BCUT2D eigenvalue weighted by molar-refractivity contribution is 5.92. The topological polar surface area (TPSA) is 67.2 Å². The van der Waals surface area contributed by atoms with Gasteiger partial charge in [0.15, 0.2) is 0 Å². The third kappa shape index (κ3) is 3.20. The number of aromatic nitrogens is 2. The summed E-state index contributed by atoms with van der Waals surface area (Å²) < 4.78 is 0. The average molecular weight is 226 g/mol. The normalized spacial score (nSPS) is 10.4. The number of nitrogens with zero attached hydrogens (tertiary/aromatic N) is 3. The summed E-state index contributed by atoms with van der Waals surface area (Å²) in [5, 5.41) is 3.83. The Labute approximate surface area is 98.2 Å². The largest absolute Gasteiger partial charge is 0.289 e. The van der Waals surface area contributed by atoms with Crippen molar-refractivity contribution in [3.8, 4) is 0 Å². The fourth-order valence-electron chi connectivity index (χ4n) is 1.17. The molecule has 2 aromatic heterocycles. The first kappa shape index (κ1) is 10.9. The Morgan fingerprint density at radius 3 is 2.71 bits per heavy atom. The van der Waals surface area contributed by atoms with Gasteiger partial charge in [0.2, 0.25) is 0 Å². The molecule has 0 radical (unpaired) electrons. The number of hydrogen-bond acceptors (Lipinski definition) is 4. The molecule has 2 aromatic rings. The van der Waals surface area contributed by atoms with Crippen molar-refractivity contribution in [3.05, 3.63) is 60.2 Å². The number of hydrogen-bond donors (Lipinski definition) is 1. The fourth-order valence-corrected chi connectivity index (χ4v) is 1.17. The number of amides is 1. The second-order valence-corrected chi connectivity index (χ2v) is 3.19. The molecule has 5 heteroatoms. The van der Waals surface area contributed by atoms with E-state index < -0.39 is 0 Å². The lowest BCUT2D eigenvalue weighted by molar-refractivity contribution is 0.0950. The lowest BCUT2D eigenvalue weighted by atomic mass is 10.3. The van der Waals surface area contributed by atoms with E-state index in [0.717, 1.165) is 5.56 Å². The van der Waals surface area contributed by atoms with Crippen LogP contribution in [0.3, 0.4) is 0 Å². The van der Waals surface area contributed by atoms with Gasteiger partial charge in [0, 0.05) is 18.6 Å². The second-order valence-electron chi connectivity index (χ2n) is 3.19. The van der Waals surface area contributed by atoms with Crippen molar-refractivity contribution in [1.29, 1.82) is 0 Å². The van der Waals surface area contributed by atoms with Crippen LogP contribution in [-0.2, 0) is 0 Å². The summed E-state index contributed by atoms with van der Waals surface area (Å²) in [6.07, 6.45) is 6.41. The average Bonchev–Trinajstić information content (AvgIpc) is 2.41. The van der Waals surface area contributed by atoms with Crippen LogP contribution in [0.2, 0.25) is 0 Å². The van der Waals surface area contributed by atoms with Crippen molar-refractivity contribution in [3.63, 3.8) is 0 Å². The van der Waals surface area contributed by atoms with E-state index in [4.69, 9.17) is 0 Å². The third-order valence-corrected chi connectivity index (χ3v) is 1.98. The minimum atomic E-state index is -0.337. The van der Waals surface area contributed by atoms with Gasteiger partial charge in [-0.2, -0.15) is 5.10 Å². The summed E-state index contributed by atoms with van der Waals surface area (Å²) in [7, 11) is 0. The molecule has 2 rings (SSSR count). The van der Waals surface area contributed by atoms with E-state index in [9.17, 15) is 4.79 Å². The Hall–Kier alpha value is -2.56. The quantitative estimate of drug-likeness (QED) is 0.632. The Kier molecular flexibility index (Phi) is 3.54. The maximum atomic E-state index is 11.5. The molecule has 17 heavy (non-hydrogen) atoms. The summed E-state index contributed by atoms with van der Waals surface area (Å²) in [4.78, 5) is 19.3. The van der Waals surface area contributed by atoms with Crippen LogP contribution in [0.25, 0.3) is 0 Å². The molecule has 0 bridgehead atoms. The molecule has 0 saturated heterocycles. The van der Waals surface area contributed by atoms with Crippen LogP contribution in [0, 0.1) is 0 Å². The lowest BCUT2D eigenvalue weighted by Crippen LogP contribution is -2.18. The van der Waals surface area contributed by atoms with E-state index in [1.807, 2.05) is 0 Å². The summed E-state index contributed by atoms with van der Waals surface area (Å²) >= 11 is 0. The van der Waals surface area contributed by atoms with Crippen LogP contribution in [0.4, 0.5) is 0 Å². The first-order valence-electron chi connectivity index (χ1n) is 5.01. The number of rotatable bonds is 3. The Morgan fingerprint density at radius 2 is 2.00 bits per heavy atom. The van der Waals surface area contributed by atoms with E-state index in [0.29, 0.717) is 5.69 Å². The molecular formula is C12H10N4O. The van der Waals surface area contributed by atoms with Crippen molar-refractivity contribution >= 4 is 12.1 Å². The zero-order valence-electron chi connectivity index (χ0n) is 8.95. The first-order chi connectivity index (χ1) is 8.36. The van der Waals surface area contributed by atoms with Gasteiger partial charge in [-0.25, -0.2) is 5.43 Å². The van der Waals surface area contributed by atoms with Crippen molar-refractivity contribution in [1.82, 2.24) is 15.4 Å². The van der Waals surface area contributed by atoms with Gasteiger partial charge in [0.25, 0.3) is 5.91 Å². The molecule has 84 valence electrons. The highest BCUT2D eigenvalue weighted by atomic mass is 16.2. The highest BCUT2D eigenvalue weighted by Crippen LogP contribution is 1.93. The van der Waals surface area contributed by atoms with Gasteiger partial charge in [-0.15, -0.1) is 0 Å². The van der Waals surface area contributed by atoms with Crippen LogP contribution in [0.5, 0.6) is 0 Å². The third-order valence-electron chi connectivity index (χ3n) is 1.98. The van der Waals surface area contributed by atoms with Gasteiger partial charge in [-0.05, 0) is 29.8 Å². The molecule has 0 atom stereocenters. The molecule has 5 nitrogen and oxygen atoms in total. The predicted octanol–water partition coefficient (Wildman–Crippen LogP) is 1.24. The van der Waals surface area contributed by atoms with Gasteiger partial charge < -0.3 is 0 Å². The summed E-state index contributed by atoms with van der Waals surface area (Å²) in [5.74, 6) is -0.337. The lowest BCUT2D eigenvalue weighted by Gasteiger charge is -1.97. The number of carbonyl (C=O) groups is 1. The fraction of sp³-hybridized carbons (Fsp3) is 0. The van der Waals surface area contributed by atoms with Crippen LogP contribution in [0.15, 0.2) is 54.0 Å². The van der Waals surface area contributed by atoms with E-state index in [1.165, 1.54) is 0 Å². The maximum Gasteiger partial charge on any atom is 0.289 e. The molecule has 0 aromatic carbocycles. The van der Waals surface area contributed by atoms with Gasteiger partial charge in [0.1, 0.15) is 5.69 Å². The van der Waals surface area contributed by atoms with Crippen molar-refractivity contribution < 1.29 is 4.79 Å². The molecule has 0 spiro atoms. The Balaban J connectivity index is 1.95. The molecule has 0 fully saturated rings. The van der Waals surface area contributed by atoms with Crippen molar-refractivity contribution in [2.75, 3.05) is 0 Å². The molecule has 0 aliphatic rings. The zero-order valence-corrected chi connectivity index (χ0v) is 8.95. The minimum Gasteiger partial charge on any atom is -0.266 e. The van der Waals surface area contributed by atoms with E-state index >= 15 is 0 Å². The highest BCUT2D eigenvalue weighted by Gasteiger charge is 2.02. The van der Waals surface area contributed by atoms with Crippen LogP contribution in [-0.4, -0.2) is 22.1 Å². The van der Waals surface area contributed by atoms with E-state index in [-0.39, 0.29) is 5.91 Å². The molecule has 0 aliphatic heterocycles. The van der Waals surface area contributed by atoms with Crippen molar-refractivity contribution in [2.24, 2.45) is 5.10 Å². The Bertz CT molecular complexity index is 511. The number of hydrazone groups is 1. The molecule has 0 saturated carbocycles. The SMILES string of the molecule is O=C(N/N=C/c1ccncc1)c1ccccn1.